The largest absolute Gasteiger partial charge is 0.352 e. The van der Waals surface area contributed by atoms with Crippen LogP contribution in [-0.4, -0.2) is 26.7 Å². The Morgan fingerprint density at radius 3 is 2.71 bits per heavy atom. The first-order valence-electron chi connectivity index (χ1n) is 6.93. The predicted octanol–water partition coefficient (Wildman–Crippen LogP) is 3.39. The number of carbonyl (C=O) groups excluding carboxylic acids is 1. The minimum atomic E-state index is -0.408. The molecule has 2 rings (SSSR count). The highest BCUT2D eigenvalue weighted by Gasteiger charge is 2.23. The fourth-order valence-electron chi connectivity index (χ4n) is 1.87. The van der Waals surface area contributed by atoms with Crippen LogP contribution in [0.25, 0.3) is 10.7 Å². The summed E-state index contributed by atoms with van der Waals surface area (Å²) in [6, 6.07) is 3.63. The van der Waals surface area contributed by atoms with Crippen LogP contribution in [0.3, 0.4) is 0 Å². The first-order valence-corrected chi connectivity index (χ1v) is 8.21. The third kappa shape index (κ3) is 3.41. The molecule has 0 saturated carbocycles. The molecule has 0 radical (unpaired) electrons. The van der Waals surface area contributed by atoms with Crippen molar-refractivity contribution in [1.29, 1.82) is 0 Å². The number of aromatic amines is 1. The van der Waals surface area contributed by atoms with Crippen molar-refractivity contribution in [3.63, 3.8) is 0 Å². The SMILES string of the molecule is CC(C)[C@H](C)NC(=O)[C@H](C)n1c(-c2cccs2)n[nH]c1=S. The van der Waals surface area contributed by atoms with Crippen molar-refractivity contribution in [3.8, 4) is 10.7 Å². The molecule has 2 atom stereocenters. The molecule has 2 heterocycles. The fourth-order valence-corrected chi connectivity index (χ4v) is 2.87. The van der Waals surface area contributed by atoms with Crippen LogP contribution in [0.5, 0.6) is 0 Å². The van der Waals surface area contributed by atoms with Gasteiger partial charge in [0.05, 0.1) is 4.88 Å². The number of carbonyl (C=O) groups is 1. The molecule has 0 saturated heterocycles. The van der Waals surface area contributed by atoms with Crippen molar-refractivity contribution in [3.05, 3.63) is 22.3 Å². The average molecular weight is 324 g/mol. The maximum Gasteiger partial charge on any atom is 0.243 e. The van der Waals surface area contributed by atoms with Crippen molar-refractivity contribution in [2.24, 2.45) is 5.92 Å². The van der Waals surface area contributed by atoms with E-state index >= 15 is 0 Å². The fraction of sp³-hybridized carbons (Fsp3) is 0.500. The van der Waals surface area contributed by atoms with Gasteiger partial charge in [-0.2, -0.15) is 5.10 Å². The van der Waals surface area contributed by atoms with Crippen LogP contribution < -0.4 is 5.32 Å². The molecule has 0 fully saturated rings. The number of H-pyrrole nitrogens is 1. The molecule has 1 amide bonds. The van der Waals surface area contributed by atoms with Crippen LogP contribution >= 0.6 is 23.6 Å². The van der Waals surface area contributed by atoms with E-state index < -0.39 is 6.04 Å². The number of nitrogens with one attached hydrogen (secondary N) is 2. The van der Waals surface area contributed by atoms with Crippen molar-refractivity contribution in [1.82, 2.24) is 20.1 Å². The van der Waals surface area contributed by atoms with E-state index in [-0.39, 0.29) is 11.9 Å². The number of thiophene rings is 1. The van der Waals surface area contributed by atoms with Crippen molar-refractivity contribution >= 4 is 29.5 Å². The van der Waals surface area contributed by atoms with Gasteiger partial charge in [-0.05, 0) is 43.4 Å². The van der Waals surface area contributed by atoms with Gasteiger partial charge in [0.2, 0.25) is 5.91 Å². The van der Waals surface area contributed by atoms with Gasteiger partial charge in [-0.15, -0.1) is 11.3 Å². The van der Waals surface area contributed by atoms with Crippen LogP contribution in [0.4, 0.5) is 0 Å². The van der Waals surface area contributed by atoms with E-state index in [0.29, 0.717) is 16.5 Å². The van der Waals surface area contributed by atoms with E-state index in [4.69, 9.17) is 12.2 Å². The number of amides is 1. The minimum absolute atomic E-state index is 0.0495. The van der Waals surface area contributed by atoms with Gasteiger partial charge in [0.15, 0.2) is 10.6 Å². The van der Waals surface area contributed by atoms with E-state index in [9.17, 15) is 4.79 Å². The normalized spacial score (nSPS) is 14.1. The third-order valence-electron chi connectivity index (χ3n) is 3.58. The molecule has 0 aliphatic carbocycles. The Kier molecular flexibility index (Phi) is 4.95. The standard InChI is InChI=1S/C14H20N4OS2/c1-8(2)9(3)15-13(19)10(4)18-12(16-17-14(18)20)11-6-5-7-21-11/h5-10H,1-4H3,(H,15,19)(H,17,20)/t9-,10-/m0/s1. The van der Waals surface area contributed by atoms with Crippen molar-refractivity contribution in [2.45, 2.75) is 39.8 Å². The molecule has 0 unspecified atom stereocenters. The Morgan fingerprint density at radius 2 is 2.14 bits per heavy atom. The lowest BCUT2D eigenvalue weighted by atomic mass is 10.1. The van der Waals surface area contributed by atoms with Crippen LogP contribution in [0.1, 0.15) is 33.7 Å². The third-order valence-corrected chi connectivity index (χ3v) is 4.74. The molecule has 2 aromatic rings. The quantitative estimate of drug-likeness (QED) is 0.829. The molecule has 2 N–H and O–H groups in total. The van der Waals surface area contributed by atoms with E-state index in [1.807, 2.05) is 31.4 Å². The smallest absolute Gasteiger partial charge is 0.243 e. The highest BCUT2D eigenvalue weighted by Crippen LogP contribution is 2.25. The first kappa shape index (κ1) is 15.9. The molecular weight excluding hydrogens is 304 g/mol. The second kappa shape index (κ2) is 6.53. The molecule has 2 aromatic heterocycles. The highest BCUT2D eigenvalue weighted by molar-refractivity contribution is 7.71. The Balaban J connectivity index is 2.28. The Labute approximate surface area is 133 Å². The molecule has 0 aliphatic heterocycles. The summed E-state index contributed by atoms with van der Waals surface area (Å²) in [5, 5.41) is 12.0. The molecule has 0 spiro atoms. The molecule has 0 bridgehead atoms. The zero-order valence-corrected chi connectivity index (χ0v) is 14.2. The highest BCUT2D eigenvalue weighted by atomic mass is 32.1. The second-order valence-electron chi connectivity index (χ2n) is 5.42. The topological polar surface area (TPSA) is 62.7 Å². The molecule has 114 valence electrons. The zero-order chi connectivity index (χ0) is 15.6. The first-order chi connectivity index (χ1) is 9.91. The monoisotopic (exact) mass is 324 g/mol. The number of hydrogen-bond donors (Lipinski definition) is 2. The molecule has 0 aromatic carbocycles. The van der Waals surface area contributed by atoms with E-state index in [1.54, 1.807) is 15.9 Å². The Hall–Kier alpha value is -1.47. The van der Waals surface area contributed by atoms with E-state index in [2.05, 4.69) is 29.4 Å². The lowest BCUT2D eigenvalue weighted by molar-refractivity contribution is -0.124. The molecule has 7 heteroatoms. The number of rotatable bonds is 5. The molecule has 0 aliphatic rings. The van der Waals surface area contributed by atoms with E-state index in [1.165, 1.54) is 0 Å². The lowest BCUT2D eigenvalue weighted by Crippen LogP contribution is -2.40. The summed E-state index contributed by atoms with van der Waals surface area (Å²) in [5.41, 5.74) is 0. The van der Waals surface area contributed by atoms with Crippen molar-refractivity contribution in [2.75, 3.05) is 0 Å². The van der Waals surface area contributed by atoms with Gasteiger partial charge < -0.3 is 5.32 Å². The Morgan fingerprint density at radius 1 is 1.43 bits per heavy atom. The van der Waals surface area contributed by atoms with Crippen LogP contribution in [0.2, 0.25) is 0 Å². The summed E-state index contributed by atoms with van der Waals surface area (Å²) in [7, 11) is 0. The summed E-state index contributed by atoms with van der Waals surface area (Å²) in [6.07, 6.45) is 0. The molecule has 21 heavy (non-hydrogen) atoms. The summed E-state index contributed by atoms with van der Waals surface area (Å²) in [4.78, 5) is 13.4. The van der Waals surface area contributed by atoms with Crippen LogP contribution in [0, 0.1) is 10.7 Å². The van der Waals surface area contributed by atoms with Gasteiger partial charge in [0.25, 0.3) is 0 Å². The minimum Gasteiger partial charge on any atom is -0.352 e. The zero-order valence-electron chi connectivity index (χ0n) is 12.6. The van der Waals surface area contributed by atoms with Crippen LogP contribution in [0.15, 0.2) is 17.5 Å². The molecular formula is C14H20N4OS2. The summed E-state index contributed by atoms with van der Waals surface area (Å²) >= 11 is 6.85. The van der Waals surface area contributed by atoms with Crippen molar-refractivity contribution < 1.29 is 4.79 Å². The van der Waals surface area contributed by atoms with Gasteiger partial charge in [0, 0.05) is 6.04 Å². The second-order valence-corrected chi connectivity index (χ2v) is 6.75. The molecule has 5 nitrogen and oxygen atoms in total. The lowest BCUT2D eigenvalue weighted by Gasteiger charge is -2.21. The number of aromatic nitrogens is 3. The predicted molar refractivity (Wildman–Crippen MR) is 87.9 cm³/mol. The summed E-state index contributed by atoms with van der Waals surface area (Å²) in [5.74, 6) is 1.04. The van der Waals surface area contributed by atoms with Crippen LogP contribution in [-0.2, 0) is 4.79 Å². The van der Waals surface area contributed by atoms with Gasteiger partial charge in [-0.25, -0.2) is 0 Å². The van der Waals surface area contributed by atoms with Gasteiger partial charge in [-0.3, -0.25) is 14.5 Å². The maximum atomic E-state index is 12.4. The van der Waals surface area contributed by atoms with E-state index in [0.717, 1.165) is 4.88 Å². The Bertz CT molecular complexity index is 657. The maximum absolute atomic E-state index is 12.4. The number of nitrogens with zero attached hydrogens (tertiary/aromatic N) is 2. The summed E-state index contributed by atoms with van der Waals surface area (Å²) < 4.78 is 2.22. The van der Waals surface area contributed by atoms with Gasteiger partial charge in [0.1, 0.15) is 6.04 Å². The summed E-state index contributed by atoms with van der Waals surface area (Å²) in [6.45, 7) is 8.00. The number of hydrogen-bond acceptors (Lipinski definition) is 4. The van der Waals surface area contributed by atoms with Gasteiger partial charge >= 0.3 is 0 Å². The van der Waals surface area contributed by atoms with Gasteiger partial charge in [-0.1, -0.05) is 19.9 Å². The average Bonchev–Trinajstić information content (AvgIpc) is 3.06.